The molecular weight excluding hydrogens is 233 g/mol. The van der Waals surface area contributed by atoms with Crippen molar-refractivity contribution in [3.63, 3.8) is 0 Å². The van der Waals surface area contributed by atoms with E-state index in [0.29, 0.717) is 5.92 Å². The average molecular weight is 249 g/mol. The van der Waals surface area contributed by atoms with Gasteiger partial charge in [0.15, 0.2) is 0 Å². The molecule has 96 valence electrons. The third-order valence-electron chi connectivity index (χ3n) is 3.71. The fraction of sp³-hybridized carbons (Fsp3) is 0.462. The molecule has 18 heavy (non-hydrogen) atoms. The fourth-order valence-electron chi connectivity index (χ4n) is 2.66. The van der Waals surface area contributed by atoms with Gasteiger partial charge in [-0.1, -0.05) is 12.1 Å². The summed E-state index contributed by atoms with van der Waals surface area (Å²) in [6, 6.07) is 6.01. The van der Waals surface area contributed by atoms with Crippen LogP contribution in [0.15, 0.2) is 24.3 Å². The molecule has 2 bridgehead atoms. The van der Waals surface area contributed by atoms with Gasteiger partial charge in [-0.15, -0.1) is 0 Å². The lowest BCUT2D eigenvalue weighted by molar-refractivity contribution is -0.0698. The molecule has 5 heteroatoms. The SMILES string of the molecule is O=C(Nc1ccccc1F)N1CC2CCN1CC2. The van der Waals surface area contributed by atoms with Gasteiger partial charge in [-0.2, -0.15) is 0 Å². The first-order chi connectivity index (χ1) is 8.74. The molecule has 2 amide bonds. The summed E-state index contributed by atoms with van der Waals surface area (Å²) in [6.07, 6.45) is 2.31. The topological polar surface area (TPSA) is 35.6 Å². The zero-order valence-electron chi connectivity index (χ0n) is 10.1. The van der Waals surface area contributed by atoms with Gasteiger partial charge in [0, 0.05) is 19.6 Å². The van der Waals surface area contributed by atoms with Crippen molar-refractivity contribution < 1.29 is 9.18 Å². The Balaban J connectivity index is 1.70. The van der Waals surface area contributed by atoms with Crippen LogP contribution in [0.5, 0.6) is 0 Å². The van der Waals surface area contributed by atoms with Crippen LogP contribution in [-0.4, -0.2) is 35.7 Å². The minimum atomic E-state index is -0.400. The number of hydrogen-bond acceptors (Lipinski definition) is 2. The van der Waals surface area contributed by atoms with Crippen LogP contribution in [-0.2, 0) is 0 Å². The second-order valence-corrected chi connectivity index (χ2v) is 4.89. The van der Waals surface area contributed by atoms with Crippen LogP contribution in [0.2, 0.25) is 0 Å². The standard InChI is InChI=1S/C13H16FN3O/c14-11-3-1-2-4-12(11)15-13(18)17-9-10-5-7-16(17)8-6-10/h1-4,10H,5-9H2,(H,15,18). The number of nitrogens with zero attached hydrogens (tertiary/aromatic N) is 2. The first-order valence-electron chi connectivity index (χ1n) is 6.32. The highest BCUT2D eigenvalue weighted by Gasteiger charge is 2.34. The van der Waals surface area contributed by atoms with Crippen LogP contribution >= 0.6 is 0 Å². The number of benzene rings is 1. The highest BCUT2D eigenvalue weighted by Crippen LogP contribution is 2.27. The molecular formula is C13H16FN3O. The van der Waals surface area contributed by atoms with E-state index in [1.165, 1.54) is 6.07 Å². The molecule has 4 rings (SSSR count). The Morgan fingerprint density at radius 2 is 2.00 bits per heavy atom. The van der Waals surface area contributed by atoms with Crippen molar-refractivity contribution in [3.05, 3.63) is 30.1 Å². The van der Waals surface area contributed by atoms with Gasteiger partial charge in [-0.05, 0) is 30.9 Å². The molecule has 1 aromatic rings. The van der Waals surface area contributed by atoms with E-state index in [2.05, 4.69) is 10.3 Å². The van der Waals surface area contributed by atoms with Gasteiger partial charge < -0.3 is 5.32 Å². The molecule has 0 aromatic heterocycles. The quantitative estimate of drug-likeness (QED) is 0.829. The summed E-state index contributed by atoms with van der Waals surface area (Å²) in [5.41, 5.74) is 0.241. The minimum absolute atomic E-state index is 0.232. The summed E-state index contributed by atoms with van der Waals surface area (Å²) in [5.74, 6) is 0.199. The lowest BCUT2D eigenvalue weighted by atomic mass is 9.94. The van der Waals surface area contributed by atoms with Crippen molar-refractivity contribution in [1.29, 1.82) is 0 Å². The van der Waals surface area contributed by atoms with Crippen molar-refractivity contribution in [2.75, 3.05) is 25.0 Å². The van der Waals surface area contributed by atoms with Crippen LogP contribution in [0.1, 0.15) is 12.8 Å². The van der Waals surface area contributed by atoms with E-state index in [1.807, 2.05) is 0 Å². The third kappa shape index (κ3) is 2.06. The molecule has 1 N–H and O–H groups in total. The minimum Gasteiger partial charge on any atom is -0.304 e. The number of nitrogens with one attached hydrogen (secondary N) is 1. The van der Waals surface area contributed by atoms with Gasteiger partial charge in [0.25, 0.3) is 0 Å². The van der Waals surface area contributed by atoms with Gasteiger partial charge >= 0.3 is 6.03 Å². The Kier molecular flexibility index (Phi) is 2.91. The van der Waals surface area contributed by atoms with Crippen LogP contribution in [0, 0.1) is 11.7 Å². The number of carbonyl (C=O) groups excluding carboxylic acids is 1. The molecule has 3 fully saturated rings. The normalized spacial score (nSPS) is 26.2. The van der Waals surface area contributed by atoms with E-state index >= 15 is 0 Å². The van der Waals surface area contributed by atoms with E-state index in [4.69, 9.17) is 0 Å². The maximum absolute atomic E-state index is 13.5. The Bertz CT molecular complexity index is 457. The average Bonchev–Trinajstić information content (AvgIpc) is 2.42. The number of halogens is 1. The van der Waals surface area contributed by atoms with E-state index in [-0.39, 0.29) is 11.7 Å². The summed E-state index contributed by atoms with van der Waals surface area (Å²) in [5, 5.41) is 6.40. The first kappa shape index (κ1) is 11.5. The number of anilines is 1. The molecule has 4 nitrogen and oxygen atoms in total. The number of hydrazine groups is 1. The van der Waals surface area contributed by atoms with Crippen LogP contribution in [0.4, 0.5) is 14.9 Å². The monoisotopic (exact) mass is 249 g/mol. The molecule has 0 atom stereocenters. The number of rotatable bonds is 1. The first-order valence-corrected chi connectivity index (χ1v) is 6.32. The lowest BCUT2D eigenvalue weighted by Crippen LogP contribution is -2.58. The summed E-state index contributed by atoms with van der Waals surface area (Å²) < 4.78 is 13.5. The number of hydrogen-bond donors (Lipinski definition) is 1. The fourth-order valence-corrected chi connectivity index (χ4v) is 2.66. The molecule has 1 aromatic carbocycles. The van der Waals surface area contributed by atoms with E-state index in [0.717, 1.165) is 32.5 Å². The third-order valence-corrected chi connectivity index (χ3v) is 3.71. The highest BCUT2D eigenvalue weighted by atomic mass is 19.1. The van der Waals surface area contributed by atoms with Crippen LogP contribution in [0.3, 0.4) is 0 Å². The van der Waals surface area contributed by atoms with Crippen molar-refractivity contribution in [1.82, 2.24) is 10.0 Å². The van der Waals surface area contributed by atoms with E-state index in [1.54, 1.807) is 23.2 Å². The molecule has 0 unspecified atom stereocenters. The molecule has 0 radical (unpaired) electrons. The van der Waals surface area contributed by atoms with Crippen molar-refractivity contribution in [2.45, 2.75) is 12.8 Å². The Morgan fingerprint density at radius 3 is 2.61 bits per heavy atom. The maximum atomic E-state index is 13.5. The zero-order chi connectivity index (χ0) is 12.5. The summed E-state index contributed by atoms with van der Waals surface area (Å²) >= 11 is 0. The molecule has 3 saturated heterocycles. The van der Waals surface area contributed by atoms with Crippen LogP contribution < -0.4 is 5.32 Å². The van der Waals surface area contributed by atoms with E-state index < -0.39 is 5.82 Å². The van der Waals surface area contributed by atoms with Gasteiger partial charge in [0.2, 0.25) is 0 Å². The summed E-state index contributed by atoms with van der Waals surface area (Å²) in [7, 11) is 0. The number of urea groups is 1. The summed E-state index contributed by atoms with van der Waals surface area (Å²) in [4.78, 5) is 12.1. The largest absolute Gasteiger partial charge is 0.336 e. The predicted molar refractivity (Wildman–Crippen MR) is 66.4 cm³/mol. The second kappa shape index (κ2) is 4.57. The Morgan fingerprint density at radius 1 is 1.28 bits per heavy atom. The number of fused-ring (bicyclic) bond motifs is 3. The molecule has 3 aliphatic rings. The number of amides is 2. The molecule has 3 heterocycles. The van der Waals surface area contributed by atoms with Crippen molar-refractivity contribution >= 4 is 11.7 Å². The van der Waals surface area contributed by atoms with Crippen molar-refractivity contribution in [2.24, 2.45) is 5.92 Å². The van der Waals surface area contributed by atoms with Gasteiger partial charge in [0.1, 0.15) is 5.82 Å². The zero-order valence-corrected chi connectivity index (χ0v) is 10.1. The van der Waals surface area contributed by atoms with Crippen molar-refractivity contribution in [3.8, 4) is 0 Å². The highest BCUT2D eigenvalue weighted by molar-refractivity contribution is 5.89. The predicted octanol–water partition coefficient (Wildman–Crippen LogP) is 2.30. The Labute approximate surface area is 105 Å². The van der Waals surface area contributed by atoms with Gasteiger partial charge in [-0.3, -0.25) is 5.01 Å². The lowest BCUT2D eigenvalue weighted by Gasteiger charge is -2.47. The van der Waals surface area contributed by atoms with Crippen LogP contribution in [0.25, 0.3) is 0 Å². The van der Waals surface area contributed by atoms with Gasteiger partial charge in [0.05, 0.1) is 5.69 Å². The number of piperidine rings is 1. The maximum Gasteiger partial charge on any atom is 0.336 e. The summed E-state index contributed by atoms with van der Waals surface area (Å²) in [6.45, 7) is 2.60. The number of para-hydroxylation sites is 1. The molecule has 3 aliphatic heterocycles. The molecule has 0 aliphatic carbocycles. The number of carbonyl (C=O) groups is 1. The second-order valence-electron chi connectivity index (χ2n) is 4.89. The van der Waals surface area contributed by atoms with Gasteiger partial charge in [-0.25, -0.2) is 14.2 Å². The molecule has 0 spiro atoms. The molecule has 0 saturated carbocycles. The Hall–Kier alpha value is -1.62. The smallest absolute Gasteiger partial charge is 0.304 e. The van der Waals surface area contributed by atoms with E-state index in [9.17, 15) is 9.18 Å².